The molecule has 2 heterocycles. The number of ether oxygens (including phenoxy) is 2. The highest BCUT2D eigenvalue weighted by atomic mass is 16.6. The Bertz CT molecular complexity index is 300. The second-order valence-corrected chi connectivity index (χ2v) is 6.69. The molecule has 0 bridgehead atoms. The van der Waals surface area contributed by atoms with Crippen molar-refractivity contribution in [2.24, 2.45) is 0 Å². The van der Waals surface area contributed by atoms with Crippen molar-refractivity contribution in [2.45, 2.75) is 109 Å². The van der Waals surface area contributed by atoms with Gasteiger partial charge in [0.15, 0.2) is 0 Å². The topological polar surface area (TPSA) is 25.1 Å². The van der Waals surface area contributed by atoms with Crippen LogP contribution in [0.2, 0.25) is 0 Å². The molecule has 2 heteroatoms. The summed E-state index contributed by atoms with van der Waals surface area (Å²) >= 11 is 0. The summed E-state index contributed by atoms with van der Waals surface area (Å²) in [5.41, 5.74) is 0. The van der Waals surface area contributed by atoms with E-state index < -0.39 is 0 Å². The Morgan fingerprint density at radius 3 is 2.10 bits per heavy atom. The molecule has 0 saturated carbocycles. The summed E-state index contributed by atoms with van der Waals surface area (Å²) in [5.74, 6) is 0. The first-order valence-electron chi connectivity index (χ1n) is 9.31. The van der Waals surface area contributed by atoms with Crippen molar-refractivity contribution in [1.82, 2.24) is 0 Å². The lowest BCUT2D eigenvalue weighted by Crippen LogP contribution is -2.00. The molecule has 2 saturated heterocycles. The van der Waals surface area contributed by atoms with Crippen LogP contribution in [0.3, 0.4) is 0 Å². The summed E-state index contributed by atoms with van der Waals surface area (Å²) in [5, 5.41) is 0. The van der Waals surface area contributed by atoms with E-state index in [1.54, 1.807) is 0 Å². The van der Waals surface area contributed by atoms with E-state index in [0.29, 0.717) is 24.4 Å². The van der Waals surface area contributed by atoms with Crippen LogP contribution in [0.4, 0.5) is 0 Å². The van der Waals surface area contributed by atoms with E-state index >= 15 is 0 Å². The van der Waals surface area contributed by atoms with Crippen LogP contribution >= 0.6 is 0 Å². The summed E-state index contributed by atoms with van der Waals surface area (Å²) in [6.07, 6.45) is 21.1. The lowest BCUT2D eigenvalue weighted by atomic mass is 10.1. The van der Waals surface area contributed by atoms with Gasteiger partial charge in [0.2, 0.25) is 0 Å². The second-order valence-electron chi connectivity index (χ2n) is 6.69. The molecule has 2 aliphatic heterocycles. The van der Waals surface area contributed by atoms with Gasteiger partial charge in [0.25, 0.3) is 0 Å². The summed E-state index contributed by atoms with van der Waals surface area (Å²) in [4.78, 5) is 0. The molecule has 0 N–H and O–H groups in total. The normalized spacial score (nSPS) is 31.0. The van der Waals surface area contributed by atoms with Crippen LogP contribution in [-0.4, -0.2) is 24.4 Å². The van der Waals surface area contributed by atoms with E-state index in [4.69, 9.17) is 9.47 Å². The molecule has 0 amide bonds. The predicted octanol–water partition coefficient (Wildman–Crippen LogP) is 5.41. The summed E-state index contributed by atoms with van der Waals surface area (Å²) < 4.78 is 11.3. The molecule has 0 aromatic heterocycles. The Hall–Kier alpha value is -0.340. The Kier molecular flexibility index (Phi) is 7.81. The Labute approximate surface area is 131 Å². The molecule has 2 nitrogen and oxygen atoms in total. The van der Waals surface area contributed by atoms with Crippen LogP contribution in [0.25, 0.3) is 0 Å². The highest BCUT2D eigenvalue weighted by molar-refractivity contribution is 4.98. The zero-order valence-corrected chi connectivity index (χ0v) is 14.1. The highest BCUT2D eigenvalue weighted by Gasteiger charge is 2.46. The molecule has 0 spiro atoms. The monoisotopic (exact) mass is 294 g/mol. The Balaban J connectivity index is 1.35. The van der Waals surface area contributed by atoms with Crippen LogP contribution in [0.15, 0.2) is 12.2 Å². The first-order chi connectivity index (χ1) is 10.3. The third-order valence-corrected chi connectivity index (χ3v) is 4.75. The fourth-order valence-electron chi connectivity index (χ4n) is 3.14. The Morgan fingerprint density at radius 2 is 1.38 bits per heavy atom. The second kappa shape index (κ2) is 9.63. The van der Waals surface area contributed by atoms with E-state index in [2.05, 4.69) is 26.0 Å². The van der Waals surface area contributed by atoms with Gasteiger partial charge in [-0.1, -0.05) is 64.5 Å². The van der Waals surface area contributed by atoms with Gasteiger partial charge in [-0.2, -0.15) is 0 Å². The number of epoxide rings is 2. The molecule has 2 rings (SSSR count). The van der Waals surface area contributed by atoms with Gasteiger partial charge >= 0.3 is 0 Å². The molecule has 4 unspecified atom stereocenters. The van der Waals surface area contributed by atoms with Crippen LogP contribution in [0, 0.1) is 0 Å². The highest BCUT2D eigenvalue weighted by Crippen LogP contribution is 2.37. The van der Waals surface area contributed by atoms with Gasteiger partial charge in [0, 0.05) is 6.42 Å². The zero-order chi connectivity index (χ0) is 14.9. The van der Waals surface area contributed by atoms with Crippen molar-refractivity contribution in [3.05, 3.63) is 12.2 Å². The summed E-state index contributed by atoms with van der Waals surface area (Å²) in [7, 11) is 0. The van der Waals surface area contributed by atoms with Crippen molar-refractivity contribution < 1.29 is 9.47 Å². The standard InChI is InChI=1S/C19H34O2/c1-3-5-6-7-8-9-10-11-12-13-14-17-19(21-17)15-18-16(4-2)20-18/h12-13,16-19H,3-11,14-15H2,1-2H3/b13-12-. The van der Waals surface area contributed by atoms with Crippen LogP contribution in [-0.2, 0) is 9.47 Å². The zero-order valence-electron chi connectivity index (χ0n) is 14.1. The predicted molar refractivity (Wildman–Crippen MR) is 88.6 cm³/mol. The third-order valence-electron chi connectivity index (χ3n) is 4.75. The van der Waals surface area contributed by atoms with Gasteiger partial charge in [0.1, 0.15) is 0 Å². The maximum Gasteiger partial charge on any atom is 0.0877 e. The molecule has 0 radical (unpaired) electrons. The fourth-order valence-corrected chi connectivity index (χ4v) is 3.14. The molecular weight excluding hydrogens is 260 g/mol. The van der Waals surface area contributed by atoms with Gasteiger partial charge in [-0.15, -0.1) is 0 Å². The Morgan fingerprint density at radius 1 is 0.714 bits per heavy atom. The van der Waals surface area contributed by atoms with Crippen molar-refractivity contribution >= 4 is 0 Å². The lowest BCUT2D eigenvalue weighted by molar-refractivity contribution is 0.323. The minimum absolute atomic E-state index is 0.481. The minimum Gasteiger partial charge on any atom is -0.369 e. The molecule has 122 valence electrons. The quantitative estimate of drug-likeness (QED) is 0.258. The van der Waals surface area contributed by atoms with Crippen LogP contribution < -0.4 is 0 Å². The average Bonchev–Trinajstić information content (AvgIpc) is 3.40. The van der Waals surface area contributed by atoms with Gasteiger partial charge < -0.3 is 9.47 Å². The third kappa shape index (κ3) is 6.97. The van der Waals surface area contributed by atoms with Gasteiger partial charge in [0.05, 0.1) is 24.4 Å². The molecule has 0 aromatic carbocycles. The number of hydrogen-bond donors (Lipinski definition) is 0. The van der Waals surface area contributed by atoms with Crippen LogP contribution in [0.5, 0.6) is 0 Å². The van der Waals surface area contributed by atoms with E-state index in [1.165, 1.54) is 51.4 Å². The summed E-state index contributed by atoms with van der Waals surface area (Å²) in [6, 6.07) is 0. The van der Waals surface area contributed by atoms with Crippen molar-refractivity contribution in [1.29, 1.82) is 0 Å². The number of allylic oxidation sites excluding steroid dienone is 1. The van der Waals surface area contributed by atoms with Gasteiger partial charge in [-0.25, -0.2) is 0 Å². The molecule has 0 aromatic rings. The number of rotatable bonds is 13. The average molecular weight is 294 g/mol. The molecule has 4 atom stereocenters. The maximum atomic E-state index is 5.71. The lowest BCUT2D eigenvalue weighted by Gasteiger charge is -1.98. The smallest absolute Gasteiger partial charge is 0.0877 e. The molecular formula is C19H34O2. The largest absolute Gasteiger partial charge is 0.369 e. The molecule has 0 aliphatic carbocycles. The van der Waals surface area contributed by atoms with Crippen molar-refractivity contribution in [2.75, 3.05) is 0 Å². The maximum absolute atomic E-state index is 5.71. The molecule has 21 heavy (non-hydrogen) atoms. The van der Waals surface area contributed by atoms with Gasteiger partial charge in [-0.05, 0) is 25.7 Å². The molecule has 2 aliphatic rings. The fraction of sp³-hybridized carbons (Fsp3) is 0.895. The van der Waals surface area contributed by atoms with Crippen molar-refractivity contribution in [3.63, 3.8) is 0 Å². The van der Waals surface area contributed by atoms with E-state index in [1.807, 2.05) is 0 Å². The van der Waals surface area contributed by atoms with Crippen LogP contribution in [0.1, 0.15) is 84.5 Å². The minimum atomic E-state index is 0.481. The van der Waals surface area contributed by atoms with Crippen molar-refractivity contribution in [3.8, 4) is 0 Å². The first-order valence-corrected chi connectivity index (χ1v) is 9.31. The van der Waals surface area contributed by atoms with E-state index in [9.17, 15) is 0 Å². The SMILES string of the molecule is CCCCCCCCC/C=C\CC1OC1CC1OC1CC. The first kappa shape index (κ1) is 17.0. The van der Waals surface area contributed by atoms with E-state index in [-0.39, 0.29) is 0 Å². The number of hydrogen-bond acceptors (Lipinski definition) is 2. The number of unbranched alkanes of at least 4 members (excludes halogenated alkanes) is 7. The molecule has 2 fully saturated rings. The van der Waals surface area contributed by atoms with E-state index in [0.717, 1.165) is 19.3 Å². The summed E-state index contributed by atoms with van der Waals surface area (Å²) in [6.45, 7) is 4.47. The van der Waals surface area contributed by atoms with Gasteiger partial charge in [-0.3, -0.25) is 0 Å².